The molecule has 0 amide bonds. The average Bonchev–Trinajstić information content (AvgIpc) is 2.96. The van der Waals surface area contributed by atoms with Gasteiger partial charge < -0.3 is 5.32 Å². The first kappa shape index (κ1) is 12.0. The van der Waals surface area contributed by atoms with Gasteiger partial charge in [-0.3, -0.25) is 0 Å². The molecule has 5 heteroatoms. The molecule has 0 fully saturated rings. The van der Waals surface area contributed by atoms with Gasteiger partial charge in [0, 0.05) is 16.3 Å². The predicted octanol–water partition coefficient (Wildman–Crippen LogP) is 4.93. The highest BCUT2D eigenvalue weighted by atomic mass is 35.5. The Bertz CT molecular complexity index is 687. The molecule has 18 heavy (non-hydrogen) atoms. The highest BCUT2D eigenvalue weighted by Crippen LogP contribution is 2.32. The van der Waals surface area contributed by atoms with Crippen LogP contribution in [0.25, 0.3) is 10.2 Å². The SMILES string of the molecule is Cc1ccc(CNc2c(Cl)ccc3scnc23)s1. The average molecular weight is 295 g/mol. The first-order chi connectivity index (χ1) is 8.74. The molecule has 0 spiro atoms. The molecule has 2 nitrogen and oxygen atoms in total. The lowest BCUT2D eigenvalue weighted by Crippen LogP contribution is -1.98. The van der Waals surface area contributed by atoms with E-state index in [1.807, 2.05) is 17.6 Å². The van der Waals surface area contributed by atoms with Gasteiger partial charge in [-0.25, -0.2) is 4.98 Å². The van der Waals surface area contributed by atoms with Crippen LogP contribution in [-0.4, -0.2) is 4.98 Å². The van der Waals surface area contributed by atoms with E-state index in [9.17, 15) is 0 Å². The molecule has 0 bridgehead atoms. The summed E-state index contributed by atoms with van der Waals surface area (Å²) in [6.07, 6.45) is 0. The van der Waals surface area contributed by atoms with Crippen molar-refractivity contribution < 1.29 is 0 Å². The van der Waals surface area contributed by atoms with Crippen LogP contribution in [0.5, 0.6) is 0 Å². The molecule has 0 aliphatic rings. The van der Waals surface area contributed by atoms with Crippen molar-refractivity contribution >= 4 is 50.2 Å². The fourth-order valence-corrected chi connectivity index (χ4v) is 3.56. The third kappa shape index (κ3) is 2.23. The zero-order valence-electron chi connectivity index (χ0n) is 9.74. The number of halogens is 1. The van der Waals surface area contributed by atoms with Gasteiger partial charge in [0.05, 0.1) is 20.9 Å². The lowest BCUT2D eigenvalue weighted by Gasteiger charge is -2.07. The van der Waals surface area contributed by atoms with E-state index < -0.39 is 0 Å². The molecule has 0 aliphatic heterocycles. The number of fused-ring (bicyclic) bond motifs is 1. The summed E-state index contributed by atoms with van der Waals surface area (Å²) in [4.78, 5) is 7.00. The molecule has 1 N–H and O–H groups in total. The van der Waals surface area contributed by atoms with E-state index in [2.05, 4.69) is 29.4 Å². The predicted molar refractivity (Wildman–Crippen MR) is 81.0 cm³/mol. The second-order valence-electron chi connectivity index (χ2n) is 3.99. The van der Waals surface area contributed by atoms with Crippen molar-refractivity contribution in [2.45, 2.75) is 13.5 Å². The molecule has 3 aromatic rings. The Morgan fingerprint density at radius 1 is 1.28 bits per heavy atom. The minimum Gasteiger partial charge on any atom is -0.377 e. The molecule has 1 aromatic carbocycles. The molecule has 3 rings (SSSR count). The summed E-state index contributed by atoms with van der Waals surface area (Å²) >= 11 is 9.66. The maximum Gasteiger partial charge on any atom is 0.106 e. The molecule has 0 radical (unpaired) electrons. The largest absolute Gasteiger partial charge is 0.377 e. The summed E-state index contributed by atoms with van der Waals surface area (Å²) < 4.78 is 1.16. The van der Waals surface area contributed by atoms with Crippen molar-refractivity contribution in [3.63, 3.8) is 0 Å². The Morgan fingerprint density at radius 2 is 2.17 bits per heavy atom. The second-order valence-corrected chi connectivity index (χ2v) is 6.65. The van der Waals surface area contributed by atoms with Gasteiger partial charge in [0.25, 0.3) is 0 Å². The van der Waals surface area contributed by atoms with Gasteiger partial charge in [0.2, 0.25) is 0 Å². The third-order valence-electron chi connectivity index (χ3n) is 2.69. The molecule has 0 saturated carbocycles. The van der Waals surface area contributed by atoms with Crippen LogP contribution in [0.2, 0.25) is 5.02 Å². The van der Waals surface area contributed by atoms with Gasteiger partial charge >= 0.3 is 0 Å². The number of aromatic nitrogens is 1. The standard InChI is InChI=1S/C13H11ClN2S2/c1-8-2-3-9(18-8)6-15-12-10(14)4-5-11-13(12)16-7-17-11/h2-5,7,15H,6H2,1H3. The molecule has 2 aromatic heterocycles. The number of aryl methyl sites for hydroxylation is 1. The Kier molecular flexibility index (Phi) is 3.24. The van der Waals surface area contributed by atoms with Crippen molar-refractivity contribution in [3.8, 4) is 0 Å². The van der Waals surface area contributed by atoms with E-state index in [0.29, 0.717) is 0 Å². The number of hydrogen-bond acceptors (Lipinski definition) is 4. The summed E-state index contributed by atoms with van der Waals surface area (Å²) in [7, 11) is 0. The number of thiazole rings is 1. The monoisotopic (exact) mass is 294 g/mol. The van der Waals surface area contributed by atoms with Crippen molar-refractivity contribution in [2.24, 2.45) is 0 Å². The van der Waals surface area contributed by atoms with E-state index in [-0.39, 0.29) is 0 Å². The Hall–Kier alpha value is -1.10. The van der Waals surface area contributed by atoms with Crippen LogP contribution in [-0.2, 0) is 6.54 Å². The second kappa shape index (κ2) is 4.88. The first-order valence-electron chi connectivity index (χ1n) is 5.55. The van der Waals surface area contributed by atoms with Crippen molar-refractivity contribution in [1.82, 2.24) is 4.98 Å². The Labute approximate surface area is 118 Å². The number of rotatable bonds is 3. The summed E-state index contributed by atoms with van der Waals surface area (Å²) in [5.41, 5.74) is 3.74. The zero-order valence-corrected chi connectivity index (χ0v) is 12.1. The van der Waals surface area contributed by atoms with Crippen molar-refractivity contribution in [1.29, 1.82) is 0 Å². The number of anilines is 1. The van der Waals surface area contributed by atoms with Gasteiger partial charge in [-0.1, -0.05) is 11.6 Å². The number of nitrogens with one attached hydrogen (secondary N) is 1. The molecule has 2 heterocycles. The van der Waals surface area contributed by atoms with E-state index in [1.54, 1.807) is 22.7 Å². The summed E-state index contributed by atoms with van der Waals surface area (Å²) in [5, 5.41) is 4.12. The molecular weight excluding hydrogens is 284 g/mol. The summed E-state index contributed by atoms with van der Waals surface area (Å²) in [6, 6.07) is 8.20. The Balaban J connectivity index is 1.89. The maximum absolute atomic E-state index is 6.24. The topological polar surface area (TPSA) is 24.9 Å². The molecule has 0 aliphatic carbocycles. The van der Waals surface area contributed by atoms with Crippen LogP contribution in [0.1, 0.15) is 9.75 Å². The van der Waals surface area contributed by atoms with E-state index in [0.717, 1.165) is 27.5 Å². The minimum atomic E-state index is 0.724. The highest BCUT2D eigenvalue weighted by molar-refractivity contribution is 7.16. The maximum atomic E-state index is 6.24. The Morgan fingerprint density at radius 3 is 2.94 bits per heavy atom. The van der Waals surface area contributed by atoms with Crippen LogP contribution >= 0.6 is 34.3 Å². The fraction of sp³-hybridized carbons (Fsp3) is 0.154. The van der Waals surface area contributed by atoms with Gasteiger partial charge in [-0.2, -0.15) is 0 Å². The number of hydrogen-bond donors (Lipinski definition) is 1. The van der Waals surface area contributed by atoms with Crippen LogP contribution in [0.4, 0.5) is 5.69 Å². The molecular formula is C13H11ClN2S2. The highest BCUT2D eigenvalue weighted by Gasteiger charge is 2.08. The first-order valence-corrected chi connectivity index (χ1v) is 7.62. The van der Waals surface area contributed by atoms with Gasteiger partial charge in [-0.05, 0) is 31.2 Å². The molecule has 92 valence electrons. The van der Waals surface area contributed by atoms with Crippen LogP contribution < -0.4 is 5.32 Å². The lowest BCUT2D eigenvalue weighted by atomic mass is 10.3. The number of benzene rings is 1. The van der Waals surface area contributed by atoms with E-state index in [4.69, 9.17) is 11.6 Å². The summed E-state index contributed by atoms with van der Waals surface area (Å²) in [6.45, 7) is 2.90. The minimum absolute atomic E-state index is 0.724. The van der Waals surface area contributed by atoms with Crippen molar-refractivity contribution in [3.05, 3.63) is 44.6 Å². The van der Waals surface area contributed by atoms with E-state index in [1.165, 1.54) is 9.75 Å². The lowest BCUT2D eigenvalue weighted by molar-refractivity contribution is 1.20. The smallest absolute Gasteiger partial charge is 0.106 e. The molecule has 0 saturated heterocycles. The van der Waals surface area contributed by atoms with Crippen LogP contribution in [0.3, 0.4) is 0 Å². The molecule has 0 atom stereocenters. The van der Waals surface area contributed by atoms with Crippen molar-refractivity contribution in [2.75, 3.05) is 5.32 Å². The van der Waals surface area contributed by atoms with Gasteiger partial charge in [-0.15, -0.1) is 22.7 Å². The van der Waals surface area contributed by atoms with Gasteiger partial charge in [0.15, 0.2) is 0 Å². The van der Waals surface area contributed by atoms with Crippen LogP contribution in [0.15, 0.2) is 29.8 Å². The van der Waals surface area contributed by atoms with Gasteiger partial charge in [0.1, 0.15) is 5.52 Å². The number of thiophene rings is 1. The molecule has 0 unspecified atom stereocenters. The normalized spacial score (nSPS) is 11.0. The fourth-order valence-electron chi connectivity index (χ4n) is 1.83. The third-order valence-corrected chi connectivity index (χ3v) is 4.80. The van der Waals surface area contributed by atoms with Crippen LogP contribution in [0, 0.1) is 6.92 Å². The zero-order chi connectivity index (χ0) is 12.5. The summed E-state index contributed by atoms with van der Waals surface area (Å²) in [5.74, 6) is 0. The number of nitrogens with zero attached hydrogens (tertiary/aromatic N) is 1. The van der Waals surface area contributed by atoms with E-state index >= 15 is 0 Å². The quantitative estimate of drug-likeness (QED) is 0.741.